The van der Waals surface area contributed by atoms with E-state index in [-0.39, 0.29) is 17.4 Å². The molecule has 4 heteroatoms. The first-order chi connectivity index (χ1) is 6.21. The maximum absolute atomic E-state index is 11.2. The van der Waals surface area contributed by atoms with E-state index in [0.717, 1.165) is 0 Å². The summed E-state index contributed by atoms with van der Waals surface area (Å²) in [6, 6.07) is 0. The van der Waals surface area contributed by atoms with Crippen LogP contribution in [-0.4, -0.2) is 30.6 Å². The van der Waals surface area contributed by atoms with Crippen molar-refractivity contribution >= 4 is 9.84 Å². The van der Waals surface area contributed by atoms with Gasteiger partial charge in [-0.05, 0) is 25.7 Å². The van der Waals surface area contributed by atoms with Crippen molar-refractivity contribution in [2.75, 3.05) is 11.5 Å². The molecule has 0 fully saturated rings. The van der Waals surface area contributed by atoms with Gasteiger partial charge >= 0.3 is 0 Å². The highest BCUT2D eigenvalue weighted by Crippen LogP contribution is 2.22. The normalized spacial score (nSPS) is 17.0. The highest BCUT2D eigenvalue weighted by molar-refractivity contribution is 7.91. The number of hydrogen-bond donors (Lipinski definition) is 1. The average molecular weight is 222 g/mol. The van der Waals surface area contributed by atoms with Gasteiger partial charge in [0.15, 0.2) is 0 Å². The molecule has 0 bridgehead atoms. The lowest BCUT2D eigenvalue weighted by atomic mass is 9.88. The quantitative estimate of drug-likeness (QED) is 0.743. The molecule has 0 aliphatic carbocycles. The van der Waals surface area contributed by atoms with Gasteiger partial charge in [0, 0.05) is 5.75 Å². The molecule has 1 N–H and O–H groups in total. The fourth-order valence-electron chi connectivity index (χ4n) is 1.08. The van der Waals surface area contributed by atoms with Crippen molar-refractivity contribution in [3.8, 4) is 0 Å². The van der Waals surface area contributed by atoms with Gasteiger partial charge in [0.25, 0.3) is 0 Å². The summed E-state index contributed by atoms with van der Waals surface area (Å²) in [7, 11) is -2.88. The summed E-state index contributed by atoms with van der Waals surface area (Å²) in [5.41, 5.74) is -0.747. The molecule has 3 nitrogen and oxygen atoms in total. The van der Waals surface area contributed by atoms with Gasteiger partial charge in [-0.15, -0.1) is 0 Å². The van der Waals surface area contributed by atoms with Crippen LogP contribution in [0.3, 0.4) is 0 Å². The molecule has 0 saturated carbocycles. The molecule has 0 aromatic carbocycles. The van der Waals surface area contributed by atoms with Crippen molar-refractivity contribution in [3.63, 3.8) is 0 Å². The smallest absolute Gasteiger partial charge is 0.150 e. The fraction of sp³-hybridized carbons (Fsp3) is 1.00. The lowest BCUT2D eigenvalue weighted by Gasteiger charge is -2.27. The van der Waals surface area contributed by atoms with E-state index in [4.69, 9.17) is 0 Å². The van der Waals surface area contributed by atoms with Gasteiger partial charge in [-0.1, -0.05) is 20.8 Å². The van der Waals surface area contributed by atoms with Crippen LogP contribution in [-0.2, 0) is 9.84 Å². The van der Waals surface area contributed by atoms with Crippen LogP contribution in [0.2, 0.25) is 0 Å². The standard InChI is InChI=1S/C10H22O3S/c1-5-14(12,13)8-6-7-10(4,11)9(2)3/h9,11H,5-8H2,1-4H3. The van der Waals surface area contributed by atoms with Crippen LogP contribution in [0.5, 0.6) is 0 Å². The van der Waals surface area contributed by atoms with Crippen LogP contribution in [0.25, 0.3) is 0 Å². The van der Waals surface area contributed by atoms with Gasteiger partial charge in [-0.3, -0.25) is 0 Å². The fourth-order valence-corrected chi connectivity index (χ4v) is 1.96. The van der Waals surface area contributed by atoms with Gasteiger partial charge in [-0.25, -0.2) is 8.42 Å². The van der Waals surface area contributed by atoms with E-state index in [0.29, 0.717) is 12.8 Å². The molecule has 0 saturated heterocycles. The highest BCUT2D eigenvalue weighted by atomic mass is 32.2. The third kappa shape index (κ3) is 4.96. The second-order valence-corrected chi connectivity index (χ2v) is 6.82. The summed E-state index contributed by atoms with van der Waals surface area (Å²) in [5, 5.41) is 9.87. The third-order valence-corrected chi connectivity index (χ3v) is 4.61. The zero-order valence-electron chi connectivity index (χ0n) is 9.58. The Bertz CT molecular complexity index is 253. The summed E-state index contributed by atoms with van der Waals surface area (Å²) in [4.78, 5) is 0. The summed E-state index contributed by atoms with van der Waals surface area (Å²) in [6.45, 7) is 7.29. The summed E-state index contributed by atoms with van der Waals surface area (Å²) in [6.07, 6.45) is 1.09. The summed E-state index contributed by atoms with van der Waals surface area (Å²) in [5.74, 6) is 0.537. The van der Waals surface area contributed by atoms with Crippen molar-refractivity contribution in [2.45, 2.75) is 46.1 Å². The highest BCUT2D eigenvalue weighted by Gasteiger charge is 2.24. The van der Waals surface area contributed by atoms with Crippen LogP contribution in [0, 0.1) is 5.92 Å². The monoisotopic (exact) mass is 222 g/mol. The Labute approximate surface area is 87.4 Å². The molecule has 1 unspecified atom stereocenters. The average Bonchev–Trinajstić information content (AvgIpc) is 2.03. The minimum absolute atomic E-state index is 0.159. The molecule has 0 radical (unpaired) electrons. The first-order valence-corrected chi connectivity index (χ1v) is 6.96. The second-order valence-electron chi connectivity index (χ2n) is 4.35. The first-order valence-electron chi connectivity index (χ1n) is 5.14. The first kappa shape index (κ1) is 13.9. The van der Waals surface area contributed by atoms with E-state index in [2.05, 4.69) is 0 Å². The molecular weight excluding hydrogens is 200 g/mol. The maximum Gasteiger partial charge on any atom is 0.150 e. The van der Waals surface area contributed by atoms with E-state index in [9.17, 15) is 13.5 Å². The summed E-state index contributed by atoms with van der Waals surface area (Å²) < 4.78 is 22.3. The van der Waals surface area contributed by atoms with Crippen LogP contribution in [0.4, 0.5) is 0 Å². The minimum Gasteiger partial charge on any atom is -0.390 e. The Hall–Kier alpha value is -0.0900. The van der Waals surface area contributed by atoms with E-state index in [1.54, 1.807) is 13.8 Å². The molecule has 1 atom stereocenters. The van der Waals surface area contributed by atoms with Gasteiger partial charge in [0.2, 0.25) is 0 Å². The predicted octanol–water partition coefficient (Wildman–Crippen LogP) is 1.61. The maximum atomic E-state index is 11.2. The Morgan fingerprint density at radius 3 is 2.21 bits per heavy atom. The van der Waals surface area contributed by atoms with Crippen LogP contribution < -0.4 is 0 Å². The molecule has 0 aromatic heterocycles. The Kier molecular flexibility index (Phi) is 5.09. The van der Waals surface area contributed by atoms with E-state index in [1.165, 1.54) is 0 Å². The number of hydrogen-bond acceptors (Lipinski definition) is 3. The van der Waals surface area contributed by atoms with E-state index < -0.39 is 15.4 Å². The van der Waals surface area contributed by atoms with Crippen LogP contribution >= 0.6 is 0 Å². The zero-order valence-corrected chi connectivity index (χ0v) is 10.4. The molecule has 86 valence electrons. The predicted molar refractivity (Wildman–Crippen MR) is 59.0 cm³/mol. The SMILES string of the molecule is CCS(=O)(=O)CCCC(C)(O)C(C)C. The van der Waals surface area contributed by atoms with Crippen LogP contribution in [0.1, 0.15) is 40.5 Å². The second kappa shape index (κ2) is 5.12. The number of sulfone groups is 1. The van der Waals surface area contributed by atoms with Gasteiger partial charge in [0.1, 0.15) is 9.84 Å². The Morgan fingerprint density at radius 2 is 1.86 bits per heavy atom. The van der Waals surface area contributed by atoms with Gasteiger partial charge < -0.3 is 5.11 Å². The van der Waals surface area contributed by atoms with Crippen molar-refractivity contribution in [1.82, 2.24) is 0 Å². The van der Waals surface area contributed by atoms with Gasteiger partial charge in [-0.2, -0.15) is 0 Å². The molecule has 0 aliphatic rings. The lowest BCUT2D eigenvalue weighted by molar-refractivity contribution is 0.00497. The van der Waals surface area contributed by atoms with Gasteiger partial charge in [0.05, 0.1) is 11.4 Å². The molecule has 0 spiro atoms. The molecule has 0 rings (SSSR count). The lowest BCUT2D eigenvalue weighted by Crippen LogP contribution is -2.31. The molecular formula is C10H22O3S. The van der Waals surface area contributed by atoms with E-state index >= 15 is 0 Å². The largest absolute Gasteiger partial charge is 0.390 e. The van der Waals surface area contributed by atoms with Crippen molar-refractivity contribution in [2.24, 2.45) is 5.92 Å². The van der Waals surface area contributed by atoms with Crippen LogP contribution in [0.15, 0.2) is 0 Å². The Balaban J connectivity index is 3.98. The molecule has 0 amide bonds. The minimum atomic E-state index is -2.88. The van der Waals surface area contributed by atoms with E-state index in [1.807, 2.05) is 13.8 Å². The molecule has 0 aromatic rings. The topological polar surface area (TPSA) is 54.4 Å². The number of aliphatic hydroxyl groups is 1. The summed E-state index contributed by atoms with van der Waals surface area (Å²) >= 11 is 0. The van der Waals surface area contributed by atoms with Crippen molar-refractivity contribution in [1.29, 1.82) is 0 Å². The van der Waals surface area contributed by atoms with Crippen molar-refractivity contribution < 1.29 is 13.5 Å². The number of rotatable bonds is 6. The molecule has 14 heavy (non-hydrogen) atoms. The molecule has 0 aliphatic heterocycles. The molecule has 0 heterocycles. The Morgan fingerprint density at radius 1 is 1.36 bits per heavy atom. The zero-order chi connectivity index (χ0) is 11.4. The van der Waals surface area contributed by atoms with Crippen molar-refractivity contribution in [3.05, 3.63) is 0 Å². The third-order valence-electron chi connectivity index (χ3n) is 2.82.